The Labute approximate surface area is 152 Å². The summed E-state index contributed by atoms with van der Waals surface area (Å²) in [5.74, 6) is 0.617. The summed E-state index contributed by atoms with van der Waals surface area (Å²) in [5.41, 5.74) is 1.95. The molecule has 0 spiro atoms. The summed E-state index contributed by atoms with van der Waals surface area (Å²) >= 11 is 0. The molecule has 140 valence electrons. The first-order valence-corrected chi connectivity index (χ1v) is 8.53. The average Bonchev–Trinajstić information content (AvgIpc) is 3.01. The third kappa shape index (κ3) is 3.86. The van der Waals surface area contributed by atoms with Crippen LogP contribution in [-0.4, -0.2) is 42.4 Å². The molecular formula is C20H24O6. The second-order valence-corrected chi connectivity index (χ2v) is 6.60. The van der Waals surface area contributed by atoms with Crippen LogP contribution >= 0.6 is 0 Å². The van der Waals surface area contributed by atoms with Crippen molar-refractivity contribution in [1.29, 1.82) is 0 Å². The lowest BCUT2D eigenvalue weighted by atomic mass is 9.84. The van der Waals surface area contributed by atoms with E-state index in [1.165, 1.54) is 13.2 Å². The number of aromatic hydroxyl groups is 3. The monoisotopic (exact) mass is 360 g/mol. The lowest BCUT2D eigenvalue weighted by Crippen LogP contribution is -2.25. The number of rotatable bonds is 6. The molecule has 1 fully saturated rings. The number of hydrogen-bond donors (Lipinski definition) is 3. The molecule has 1 aliphatic rings. The molecule has 1 saturated heterocycles. The topological polar surface area (TPSA) is 88.4 Å². The van der Waals surface area contributed by atoms with Crippen molar-refractivity contribution in [2.45, 2.75) is 19.1 Å². The third-order valence-corrected chi connectivity index (χ3v) is 4.92. The van der Waals surface area contributed by atoms with Crippen LogP contribution in [0, 0.1) is 11.8 Å². The van der Waals surface area contributed by atoms with Gasteiger partial charge in [-0.15, -0.1) is 0 Å². The summed E-state index contributed by atoms with van der Waals surface area (Å²) < 4.78 is 16.5. The molecule has 0 aromatic heterocycles. The molecule has 0 amide bonds. The zero-order chi connectivity index (χ0) is 18.7. The van der Waals surface area contributed by atoms with Crippen LogP contribution in [0.4, 0.5) is 0 Å². The van der Waals surface area contributed by atoms with E-state index in [9.17, 15) is 15.3 Å². The van der Waals surface area contributed by atoms with Crippen molar-refractivity contribution in [2.24, 2.45) is 11.8 Å². The molecule has 1 heterocycles. The molecule has 6 nitrogen and oxygen atoms in total. The molecular weight excluding hydrogens is 336 g/mol. The Bertz CT molecular complexity index is 760. The van der Waals surface area contributed by atoms with Gasteiger partial charge in [-0.2, -0.15) is 0 Å². The molecule has 2 aromatic carbocycles. The highest BCUT2D eigenvalue weighted by atomic mass is 16.7. The predicted octanol–water partition coefficient (Wildman–Crippen LogP) is 2.83. The molecule has 2 aromatic rings. The maximum atomic E-state index is 9.77. The van der Waals surface area contributed by atoms with Crippen LogP contribution in [0.25, 0.3) is 0 Å². The predicted molar refractivity (Wildman–Crippen MR) is 95.6 cm³/mol. The SMILES string of the molecule is COc1cc(CC2C(Cc3ccc(O)c(O)c3)COC2OC)ccc1O. The number of phenolic OH excluding ortho intramolecular Hbond substituents is 3. The van der Waals surface area contributed by atoms with Gasteiger partial charge in [-0.25, -0.2) is 0 Å². The Balaban J connectivity index is 1.78. The zero-order valence-corrected chi connectivity index (χ0v) is 14.9. The van der Waals surface area contributed by atoms with Gasteiger partial charge in [0.05, 0.1) is 13.7 Å². The summed E-state index contributed by atoms with van der Waals surface area (Å²) in [6.07, 6.45) is 1.10. The van der Waals surface area contributed by atoms with E-state index in [0.717, 1.165) is 11.1 Å². The van der Waals surface area contributed by atoms with E-state index >= 15 is 0 Å². The number of phenols is 3. The van der Waals surface area contributed by atoms with Gasteiger partial charge in [-0.3, -0.25) is 0 Å². The van der Waals surface area contributed by atoms with Crippen LogP contribution in [-0.2, 0) is 22.3 Å². The van der Waals surface area contributed by atoms with E-state index < -0.39 is 0 Å². The van der Waals surface area contributed by atoms with Crippen molar-refractivity contribution in [3.63, 3.8) is 0 Å². The largest absolute Gasteiger partial charge is 0.504 e. The lowest BCUT2D eigenvalue weighted by molar-refractivity contribution is -0.110. The van der Waals surface area contributed by atoms with Crippen molar-refractivity contribution in [1.82, 2.24) is 0 Å². The van der Waals surface area contributed by atoms with Crippen LogP contribution < -0.4 is 4.74 Å². The van der Waals surface area contributed by atoms with Gasteiger partial charge < -0.3 is 29.5 Å². The summed E-state index contributed by atoms with van der Waals surface area (Å²) in [4.78, 5) is 0. The normalized spacial score (nSPS) is 22.5. The van der Waals surface area contributed by atoms with E-state index in [2.05, 4.69) is 0 Å². The second kappa shape index (κ2) is 7.85. The molecule has 0 aliphatic carbocycles. The van der Waals surface area contributed by atoms with Crippen molar-refractivity contribution in [3.05, 3.63) is 47.5 Å². The first-order chi connectivity index (χ1) is 12.5. The van der Waals surface area contributed by atoms with Gasteiger partial charge in [0, 0.05) is 13.0 Å². The average molecular weight is 360 g/mol. The number of methoxy groups -OCH3 is 2. The molecule has 0 radical (unpaired) electrons. The molecule has 3 N–H and O–H groups in total. The highest BCUT2D eigenvalue weighted by Crippen LogP contribution is 2.36. The fourth-order valence-electron chi connectivity index (χ4n) is 3.52. The number of hydrogen-bond acceptors (Lipinski definition) is 6. The Kier molecular flexibility index (Phi) is 5.54. The van der Waals surface area contributed by atoms with Gasteiger partial charge in [-0.1, -0.05) is 12.1 Å². The lowest BCUT2D eigenvalue weighted by Gasteiger charge is -2.22. The van der Waals surface area contributed by atoms with E-state index in [0.29, 0.717) is 25.2 Å². The van der Waals surface area contributed by atoms with Crippen molar-refractivity contribution in [2.75, 3.05) is 20.8 Å². The van der Waals surface area contributed by atoms with E-state index in [1.807, 2.05) is 12.1 Å². The molecule has 0 bridgehead atoms. The first kappa shape index (κ1) is 18.4. The Hall–Kier alpha value is -2.44. The van der Waals surface area contributed by atoms with Crippen LogP contribution in [0.15, 0.2) is 36.4 Å². The van der Waals surface area contributed by atoms with E-state index in [-0.39, 0.29) is 35.4 Å². The summed E-state index contributed by atoms with van der Waals surface area (Å²) in [5, 5.41) is 29.0. The summed E-state index contributed by atoms with van der Waals surface area (Å²) in [7, 11) is 3.15. The van der Waals surface area contributed by atoms with Crippen LogP contribution in [0.5, 0.6) is 23.0 Å². The molecule has 0 saturated carbocycles. The molecule has 3 unspecified atom stereocenters. The Morgan fingerprint density at radius 2 is 1.62 bits per heavy atom. The maximum absolute atomic E-state index is 9.77. The standard InChI is InChI=1S/C20H24O6/c1-24-19-10-13(4-6-17(19)22)8-15-14(11-26-20(15)25-2)7-12-3-5-16(21)18(23)9-12/h3-6,9-10,14-15,20-23H,7-8,11H2,1-2H3. The molecule has 26 heavy (non-hydrogen) atoms. The van der Waals surface area contributed by atoms with E-state index in [1.54, 1.807) is 25.3 Å². The van der Waals surface area contributed by atoms with E-state index in [4.69, 9.17) is 14.2 Å². The molecule has 6 heteroatoms. The highest BCUT2D eigenvalue weighted by molar-refractivity contribution is 5.42. The number of benzene rings is 2. The van der Waals surface area contributed by atoms with Crippen molar-refractivity contribution < 1.29 is 29.5 Å². The first-order valence-electron chi connectivity index (χ1n) is 8.53. The van der Waals surface area contributed by atoms with Gasteiger partial charge in [0.25, 0.3) is 0 Å². The Morgan fingerprint density at radius 1 is 0.923 bits per heavy atom. The fourth-order valence-corrected chi connectivity index (χ4v) is 3.52. The van der Waals surface area contributed by atoms with Gasteiger partial charge in [0.2, 0.25) is 0 Å². The molecule has 1 aliphatic heterocycles. The summed E-state index contributed by atoms with van der Waals surface area (Å²) in [6.45, 7) is 0.556. The minimum absolute atomic E-state index is 0.110. The maximum Gasteiger partial charge on any atom is 0.160 e. The zero-order valence-electron chi connectivity index (χ0n) is 14.9. The summed E-state index contributed by atoms with van der Waals surface area (Å²) in [6, 6.07) is 10.2. The smallest absolute Gasteiger partial charge is 0.160 e. The minimum atomic E-state index is -0.314. The van der Waals surface area contributed by atoms with Gasteiger partial charge in [-0.05, 0) is 54.2 Å². The highest BCUT2D eigenvalue weighted by Gasteiger charge is 2.37. The Morgan fingerprint density at radius 3 is 2.27 bits per heavy atom. The third-order valence-electron chi connectivity index (χ3n) is 4.92. The van der Waals surface area contributed by atoms with Gasteiger partial charge in [0.1, 0.15) is 0 Å². The fraction of sp³-hybridized carbons (Fsp3) is 0.400. The van der Waals surface area contributed by atoms with Crippen LogP contribution in [0.2, 0.25) is 0 Å². The van der Waals surface area contributed by atoms with Crippen LogP contribution in [0.3, 0.4) is 0 Å². The second-order valence-electron chi connectivity index (χ2n) is 6.60. The quantitative estimate of drug-likeness (QED) is 0.687. The number of ether oxygens (including phenoxy) is 3. The van der Waals surface area contributed by atoms with Gasteiger partial charge >= 0.3 is 0 Å². The van der Waals surface area contributed by atoms with Crippen molar-refractivity contribution >= 4 is 0 Å². The van der Waals surface area contributed by atoms with Crippen molar-refractivity contribution in [3.8, 4) is 23.0 Å². The van der Waals surface area contributed by atoms with Gasteiger partial charge in [0.15, 0.2) is 29.3 Å². The minimum Gasteiger partial charge on any atom is -0.504 e. The molecule has 3 atom stereocenters. The van der Waals surface area contributed by atoms with Crippen LogP contribution in [0.1, 0.15) is 11.1 Å². The molecule has 3 rings (SSSR count).